The van der Waals surface area contributed by atoms with Crippen molar-refractivity contribution in [2.45, 2.75) is 6.61 Å². The normalized spacial score (nSPS) is 9.53. The van der Waals surface area contributed by atoms with E-state index in [4.69, 9.17) is 14.4 Å². The van der Waals surface area contributed by atoms with Crippen molar-refractivity contribution in [3.05, 3.63) is 54.0 Å². The first kappa shape index (κ1) is 9.35. The first-order valence-electron chi connectivity index (χ1n) is 4.54. The summed E-state index contributed by atoms with van der Waals surface area (Å²) in [6.07, 6.45) is 1.60. The highest BCUT2D eigenvalue weighted by Gasteiger charge is 1.98. The van der Waals surface area contributed by atoms with Crippen molar-refractivity contribution in [3.63, 3.8) is 0 Å². The molecule has 3 heteroatoms. The smallest absolute Gasteiger partial charge is 0.146 e. The lowest BCUT2D eigenvalue weighted by Gasteiger charge is -2.03. The highest BCUT2D eigenvalue weighted by Crippen LogP contribution is 2.14. The Kier molecular flexibility index (Phi) is 2.70. The largest absolute Gasteiger partial charge is 0.486 e. The molecule has 2 aromatic rings. The first-order valence-corrected chi connectivity index (χ1v) is 4.54. The summed E-state index contributed by atoms with van der Waals surface area (Å²) in [5.41, 5.74) is 0.590. The van der Waals surface area contributed by atoms with Crippen LogP contribution in [0.25, 0.3) is 0 Å². The summed E-state index contributed by atoms with van der Waals surface area (Å²) in [5, 5.41) is 8.69. The molecule has 74 valence electrons. The minimum Gasteiger partial charge on any atom is -0.486 e. The first-order chi connectivity index (χ1) is 7.38. The second-order valence-electron chi connectivity index (χ2n) is 3.01. The zero-order valence-electron chi connectivity index (χ0n) is 8.01. The lowest BCUT2D eigenvalue weighted by Crippen LogP contribution is -1.93. The molecule has 0 saturated heterocycles. The molecule has 0 atom stereocenters. The van der Waals surface area contributed by atoms with E-state index in [1.54, 1.807) is 24.5 Å². The van der Waals surface area contributed by atoms with Crippen LogP contribution in [0.15, 0.2) is 47.1 Å². The van der Waals surface area contributed by atoms with Crippen molar-refractivity contribution in [1.29, 1.82) is 5.26 Å². The topological polar surface area (TPSA) is 46.2 Å². The molecule has 0 spiro atoms. The summed E-state index contributed by atoms with van der Waals surface area (Å²) in [5.74, 6) is 1.43. The molecule has 0 aliphatic heterocycles. The van der Waals surface area contributed by atoms with Gasteiger partial charge in [-0.15, -0.1) is 0 Å². The molecule has 1 aromatic heterocycles. The van der Waals surface area contributed by atoms with Crippen LogP contribution in [-0.2, 0) is 6.61 Å². The Bertz CT molecular complexity index is 469. The predicted molar refractivity (Wildman–Crippen MR) is 54.2 cm³/mol. The number of furan rings is 1. The van der Waals surface area contributed by atoms with E-state index in [0.29, 0.717) is 17.9 Å². The van der Waals surface area contributed by atoms with E-state index in [-0.39, 0.29) is 0 Å². The van der Waals surface area contributed by atoms with Crippen LogP contribution in [0.3, 0.4) is 0 Å². The van der Waals surface area contributed by atoms with Crippen LogP contribution in [-0.4, -0.2) is 0 Å². The third kappa shape index (κ3) is 2.38. The average Bonchev–Trinajstić information content (AvgIpc) is 2.79. The van der Waals surface area contributed by atoms with Crippen LogP contribution in [0.1, 0.15) is 11.3 Å². The van der Waals surface area contributed by atoms with Gasteiger partial charge >= 0.3 is 0 Å². The highest BCUT2D eigenvalue weighted by atomic mass is 16.5. The number of hydrogen-bond donors (Lipinski definition) is 0. The van der Waals surface area contributed by atoms with Gasteiger partial charge in [0.2, 0.25) is 0 Å². The van der Waals surface area contributed by atoms with Crippen LogP contribution < -0.4 is 4.74 Å². The maximum atomic E-state index is 8.69. The molecule has 0 fully saturated rings. The fraction of sp³-hybridized carbons (Fsp3) is 0.0833. The number of nitrogens with zero attached hydrogens (tertiary/aromatic N) is 1. The van der Waals surface area contributed by atoms with Crippen LogP contribution in [0, 0.1) is 11.3 Å². The Labute approximate surface area is 87.5 Å². The zero-order chi connectivity index (χ0) is 10.5. The van der Waals surface area contributed by atoms with Gasteiger partial charge < -0.3 is 9.15 Å². The van der Waals surface area contributed by atoms with Crippen molar-refractivity contribution in [2.75, 3.05) is 0 Å². The van der Waals surface area contributed by atoms with Crippen molar-refractivity contribution >= 4 is 0 Å². The Morgan fingerprint density at radius 3 is 2.93 bits per heavy atom. The molecule has 1 aromatic carbocycles. The Hall–Kier alpha value is -2.21. The van der Waals surface area contributed by atoms with Crippen LogP contribution >= 0.6 is 0 Å². The standard InChI is InChI=1S/C12H9NO2/c13-8-10-3-1-4-11(7-10)15-9-12-5-2-6-14-12/h1-7H,9H2. The molecule has 0 aliphatic rings. The van der Waals surface area contributed by atoms with E-state index in [9.17, 15) is 0 Å². The second kappa shape index (κ2) is 4.34. The summed E-state index contributed by atoms with van der Waals surface area (Å²) >= 11 is 0. The third-order valence-corrected chi connectivity index (χ3v) is 1.92. The molecular weight excluding hydrogens is 190 g/mol. The van der Waals surface area contributed by atoms with E-state index in [1.165, 1.54) is 0 Å². The highest BCUT2D eigenvalue weighted by molar-refractivity contribution is 5.36. The van der Waals surface area contributed by atoms with Gasteiger partial charge in [0.1, 0.15) is 18.1 Å². The van der Waals surface area contributed by atoms with E-state index < -0.39 is 0 Å². The van der Waals surface area contributed by atoms with E-state index in [2.05, 4.69) is 6.07 Å². The second-order valence-corrected chi connectivity index (χ2v) is 3.01. The Morgan fingerprint density at radius 1 is 1.27 bits per heavy atom. The molecular formula is C12H9NO2. The van der Waals surface area contributed by atoms with Gasteiger partial charge in [-0.05, 0) is 30.3 Å². The fourth-order valence-corrected chi connectivity index (χ4v) is 1.20. The van der Waals surface area contributed by atoms with Gasteiger partial charge in [-0.2, -0.15) is 5.26 Å². The molecule has 2 rings (SSSR count). The van der Waals surface area contributed by atoms with Crippen molar-refractivity contribution in [3.8, 4) is 11.8 Å². The Balaban J connectivity index is 2.02. The maximum absolute atomic E-state index is 8.69. The molecule has 0 radical (unpaired) electrons. The summed E-state index contributed by atoms with van der Waals surface area (Å²) in [4.78, 5) is 0. The monoisotopic (exact) mass is 199 g/mol. The number of rotatable bonds is 3. The Morgan fingerprint density at radius 2 is 2.20 bits per heavy atom. The van der Waals surface area contributed by atoms with Gasteiger partial charge in [0.25, 0.3) is 0 Å². The van der Waals surface area contributed by atoms with Crippen molar-refractivity contribution in [1.82, 2.24) is 0 Å². The van der Waals surface area contributed by atoms with Crippen LogP contribution in [0.2, 0.25) is 0 Å². The number of benzene rings is 1. The van der Waals surface area contributed by atoms with Crippen LogP contribution in [0.5, 0.6) is 5.75 Å². The van der Waals surface area contributed by atoms with E-state index in [0.717, 1.165) is 5.76 Å². The summed E-state index contributed by atoms with van der Waals surface area (Å²) < 4.78 is 10.6. The molecule has 0 unspecified atom stereocenters. The summed E-state index contributed by atoms with van der Waals surface area (Å²) in [6, 6.07) is 12.7. The molecule has 0 N–H and O–H groups in total. The molecule has 0 bridgehead atoms. The van der Waals surface area contributed by atoms with Crippen molar-refractivity contribution in [2.24, 2.45) is 0 Å². The van der Waals surface area contributed by atoms with E-state index >= 15 is 0 Å². The molecule has 15 heavy (non-hydrogen) atoms. The van der Waals surface area contributed by atoms with Crippen molar-refractivity contribution < 1.29 is 9.15 Å². The number of ether oxygens (including phenoxy) is 1. The lowest BCUT2D eigenvalue weighted by molar-refractivity contribution is 0.270. The minimum absolute atomic E-state index is 0.377. The zero-order valence-corrected chi connectivity index (χ0v) is 8.01. The van der Waals surface area contributed by atoms with E-state index in [1.807, 2.05) is 18.2 Å². The SMILES string of the molecule is N#Cc1cccc(OCc2ccco2)c1. The predicted octanol–water partition coefficient (Wildman–Crippen LogP) is 2.73. The fourth-order valence-electron chi connectivity index (χ4n) is 1.20. The summed E-state index contributed by atoms with van der Waals surface area (Å²) in [7, 11) is 0. The lowest BCUT2D eigenvalue weighted by atomic mass is 10.2. The molecule has 1 heterocycles. The number of nitriles is 1. The quantitative estimate of drug-likeness (QED) is 0.763. The van der Waals surface area contributed by atoms with Gasteiger partial charge in [-0.25, -0.2) is 0 Å². The van der Waals surface area contributed by atoms with Gasteiger partial charge in [-0.1, -0.05) is 6.07 Å². The third-order valence-electron chi connectivity index (χ3n) is 1.92. The number of hydrogen-bond acceptors (Lipinski definition) is 3. The van der Waals surface area contributed by atoms with Gasteiger partial charge in [0.05, 0.1) is 17.9 Å². The summed E-state index contributed by atoms with van der Waals surface area (Å²) in [6.45, 7) is 0.377. The minimum atomic E-state index is 0.377. The average molecular weight is 199 g/mol. The maximum Gasteiger partial charge on any atom is 0.146 e. The molecule has 3 nitrogen and oxygen atoms in total. The van der Waals surface area contributed by atoms with Gasteiger partial charge in [0.15, 0.2) is 0 Å². The molecule has 0 saturated carbocycles. The molecule has 0 aliphatic carbocycles. The van der Waals surface area contributed by atoms with Gasteiger partial charge in [0, 0.05) is 0 Å². The molecule has 0 amide bonds. The van der Waals surface area contributed by atoms with Crippen LogP contribution in [0.4, 0.5) is 0 Å². The van der Waals surface area contributed by atoms with Gasteiger partial charge in [-0.3, -0.25) is 0 Å².